The summed E-state index contributed by atoms with van der Waals surface area (Å²) in [6.45, 7) is 5.69. The Labute approximate surface area is 186 Å². The maximum absolute atomic E-state index is 12.8. The Morgan fingerprint density at radius 3 is 2.53 bits per heavy atom. The van der Waals surface area contributed by atoms with Gasteiger partial charge in [0, 0.05) is 0 Å². The number of amides is 1. The average molecular weight is 437 g/mol. The summed E-state index contributed by atoms with van der Waals surface area (Å²) < 4.78 is 6.01. The van der Waals surface area contributed by atoms with Gasteiger partial charge in [0.15, 0.2) is 5.69 Å². The lowest BCUT2D eigenvalue weighted by atomic mass is 9.84. The van der Waals surface area contributed by atoms with Gasteiger partial charge in [-0.3, -0.25) is 4.79 Å². The van der Waals surface area contributed by atoms with Crippen LogP contribution in [0.2, 0.25) is 0 Å². The van der Waals surface area contributed by atoms with E-state index in [1.54, 1.807) is 0 Å². The molecule has 32 heavy (non-hydrogen) atoms. The van der Waals surface area contributed by atoms with Crippen molar-refractivity contribution < 1.29 is 9.42 Å². The number of nitrogens with zero attached hydrogens (tertiary/aromatic N) is 6. The Bertz CT molecular complexity index is 1110. The number of hydrazone groups is 1. The van der Waals surface area contributed by atoms with Gasteiger partial charge in [-0.15, -0.1) is 5.10 Å². The van der Waals surface area contributed by atoms with Gasteiger partial charge in [0.2, 0.25) is 11.6 Å². The van der Waals surface area contributed by atoms with Gasteiger partial charge in [-0.2, -0.15) is 9.78 Å². The van der Waals surface area contributed by atoms with Crippen molar-refractivity contribution in [2.45, 2.75) is 64.7 Å². The molecule has 1 aliphatic carbocycles. The molecule has 2 aromatic heterocycles. The van der Waals surface area contributed by atoms with Crippen molar-refractivity contribution in [3.8, 4) is 5.82 Å². The molecule has 0 spiro atoms. The molecule has 2 heterocycles. The zero-order valence-electron chi connectivity index (χ0n) is 18.6. The number of nitrogens with two attached hydrogens (primary N) is 1. The number of hydrogen-bond donors (Lipinski definition) is 2. The normalized spacial score (nSPS) is 15.3. The summed E-state index contributed by atoms with van der Waals surface area (Å²) >= 11 is 0. The number of aromatic nitrogens is 5. The van der Waals surface area contributed by atoms with Crippen LogP contribution in [0.25, 0.3) is 5.82 Å². The Morgan fingerprint density at radius 2 is 1.91 bits per heavy atom. The van der Waals surface area contributed by atoms with Crippen molar-refractivity contribution in [3.63, 3.8) is 0 Å². The number of nitrogen functional groups attached to an aromatic ring is 1. The molecule has 1 aromatic carbocycles. The lowest BCUT2D eigenvalue weighted by Crippen LogP contribution is -2.22. The minimum atomic E-state index is -0.465. The molecule has 1 saturated carbocycles. The summed E-state index contributed by atoms with van der Waals surface area (Å²) in [6.07, 6.45) is 6.48. The van der Waals surface area contributed by atoms with E-state index in [0.29, 0.717) is 17.3 Å². The third kappa shape index (κ3) is 4.39. The van der Waals surface area contributed by atoms with Crippen LogP contribution in [0.5, 0.6) is 0 Å². The maximum atomic E-state index is 12.8. The average Bonchev–Trinajstić information content (AvgIpc) is 3.44. The molecule has 0 saturated heterocycles. The van der Waals surface area contributed by atoms with Crippen LogP contribution in [0.4, 0.5) is 5.82 Å². The monoisotopic (exact) mass is 436 g/mol. The second-order valence-electron chi connectivity index (χ2n) is 8.46. The molecule has 1 fully saturated rings. The molecule has 10 nitrogen and oxygen atoms in total. The SMILES string of the molecule is CC(=NNC(=O)c1nnn(-c2nonc2N)c1C(C)C)c1ccc(C2CCCCC2)cc1. The number of nitrogens with one attached hydrogen (secondary N) is 1. The van der Waals surface area contributed by atoms with E-state index in [0.717, 1.165) is 5.56 Å². The first-order valence-corrected chi connectivity index (χ1v) is 10.9. The number of hydrogen-bond acceptors (Lipinski definition) is 8. The fraction of sp³-hybridized carbons (Fsp3) is 0.455. The number of carbonyl (C=O) groups excluding carboxylic acids is 1. The topological polar surface area (TPSA) is 137 Å². The van der Waals surface area contributed by atoms with Crippen LogP contribution in [0.3, 0.4) is 0 Å². The third-order valence-electron chi connectivity index (χ3n) is 5.89. The van der Waals surface area contributed by atoms with E-state index in [1.807, 2.05) is 20.8 Å². The smallest absolute Gasteiger partial charge is 0.293 e. The van der Waals surface area contributed by atoms with Gasteiger partial charge >= 0.3 is 0 Å². The van der Waals surface area contributed by atoms with Crippen LogP contribution in [0.15, 0.2) is 34.0 Å². The summed E-state index contributed by atoms with van der Waals surface area (Å²) in [5.41, 5.74) is 12.1. The predicted molar refractivity (Wildman–Crippen MR) is 120 cm³/mol. The molecule has 0 bridgehead atoms. The lowest BCUT2D eigenvalue weighted by Gasteiger charge is -2.22. The van der Waals surface area contributed by atoms with Gasteiger partial charge in [0.05, 0.1) is 11.4 Å². The molecule has 10 heteroatoms. The van der Waals surface area contributed by atoms with E-state index >= 15 is 0 Å². The van der Waals surface area contributed by atoms with Crippen molar-refractivity contribution in [1.29, 1.82) is 0 Å². The van der Waals surface area contributed by atoms with E-state index in [2.05, 4.69) is 60.0 Å². The molecule has 3 aromatic rings. The predicted octanol–water partition coefficient (Wildman–Crippen LogP) is 3.56. The van der Waals surface area contributed by atoms with E-state index in [1.165, 1.54) is 42.3 Å². The number of anilines is 1. The lowest BCUT2D eigenvalue weighted by molar-refractivity contribution is 0.0948. The van der Waals surface area contributed by atoms with Gasteiger partial charge in [-0.1, -0.05) is 62.6 Å². The molecule has 0 unspecified atom stereocenters. The van der Waals surface area contributed by atoms with Gasteiger partial charge in [-0.25, -0.2) is 10.1 Å². The highest BCUT2D eigenvalue weighted by molar-refractivity contribution is 6.00. The Kier molecular flexibility index (Phi) is 6.29. The van der Waals surface area contributed by atoms with Gasteiger partial charge < -0.3 is 5.73 Å². The van der Waals surface area contributed by atoms with Crippen molar-refractivity contribution in [3.05, 3.63) is 46.8 Å². The minimum absolute atomic E-state index is 0.0642. The Morgan fingerprint density at radius 1 is 1.19 bits per heavy atom. The van der Waals surface area contributed by atoms with E-state index in [9.17, 15) is 4.79 Å². The highest BCUT2D eigenvalue weighted by Gasteiger charge is 2.25. The molecule has 0 atom stereocenters. The van der Waals surface area contributed by atoms with Gasteiger partial charge in [-0.05, 0) is 53.0 Å². The zero-order chi connectivity index (χ0) is 22.7. The first kappa shape index (κ1) is 21.7. The highest BCUT2D eigenvalue weighted by Crippen LogP contribution is 2.32. The third-order valence-corrected chi connectivity index (χ3v) is 5.89. The Hall–Kier alpha value is -3.56. The summed E-state index contributed by atoms with van der Waals surface area (Å²) in [6, 6.07) is 8.46. The molecule has 4 rings (SSSR count). The molecular formula is C22H28N8O2. The summed E-state index contributed by atoms with van der Waals surface area (Å²) in [4.78, 5) is 12.8. The maximum Gasteiger partial charge on any atom is 0.293 e. The molecular weight excluding hydrogens is 408 g/mol. The minimum Gasteiger partial charge on any atom is -0.378 e. The van der Waals surface area contributed by atoms with Gasteiger partial charge in [0.25, 0.3) is 5.91 Å². The number of benzene rings is 1. The second-order valence-corrected chi connectivity index (χ2v) is 8.46. The van der Waals surface area contributed by atoms with Crippen LogP contribution < -0.4 is 11.2 Å². The van der Waals surface area contributed by atoms with Crippen LogP contribution >= 0.6 is 0 Å². The first-order chi connectivity index (χ1) is 15.5. The fourth-order valence-corrected chi connectivity index (χ4v) is 4.15. The van der Waals surface area contributed by atoms with E-state index < -0.39 is 5.91 Å². The molecule has 3 N–H and O–H groups in total. The first-order valence-electron chi connectivity index (χ1n) is 10.9. The van der Waals surface area contributed by atoms with Crippen LogP contribution in [0, 0.1) is 0 Å². The fourth-order valence-electron chi connectivity index (χ4n) is 4.15. The number of carbonyl (C=O) groups is 1. The van der Waals surface area contributed by atoms with Crippen LogP contribution in [-0.2, 0) is 0 Å². The van der Waals surface area contributed by atoms with Crippen LogP contribution in [-0.4, -0.2) is 36.9 Å². The quantitative estimate of drug-likeness (QED) is 0.445. The van der Waals surface area contributed by atoms with Crippen molar-refractivity contribution in [2.75, 3.05) is 5.73 Å². The molecule has 168 valence electrons. The van der Waals surface area contributed by atoms with Crippen LogP contribution in [0.1, 0.15) is 92.0 Å². The molecule has 1 amide bonds. The highest BCUT2D eigenvalue weighted by atomic mass is 16.6. The van der Waals surface area contributed by atoms with Crippen molar-refractivity contribution >= 4 is 17.4 Å². The summed E-state index contributed by atoms with van der Waals surface area (Å²) in [7, 11) is 0. The summed E-state index contributed by atoms with van der Waals surface area (Å²) in [5.74, 6) is 0.362. The molecule has 0 radical (unpaired) electrons. The zero-order valence-corrected chi connectivity index (χ0v) is 18.6. The standard InChI is InChI=1S/C22H28N8O2/c1-13(2)19-18(25-29-30(19)21-20(23)27-32-28-21)22(31)26-24-14(3)15-9-11-17(12-10-15)16-7-5-4-6-8-16/h9-13,16H,4-8H2,1-3H3,(H2,23,27)(H,26,31). The summed E-state index contributed by atoms with van der Waals surface area (Å²) in [5, 5.41) is 19.6. The van der Waals surface area contributed by atoms with Gasteiger partial charge in [0.1, 0.15) is 0 Å². The molecule has 0 aliphatic heterocycles. The van der Waals surface area contributed by atoms with E-state index in [-0.39, 0.29) is 23.2 Å². The van der Waals surface area contributed by atoms with Crippen molar-refractivity contribution in [1.82, 2.24) is 30.7 Å². The Balaban J connectivity index is 1.49. The number of rotatable bonds is 6. The van der Waals surface area contributed by atoms with Crippen molar-refractivity contribution in [2.24, 2.45) is 5.10 Å². The second kappa shape index (κ2) is 9.29. The molecule has 1 aliphatic rings. The largest absolute Gasteiger partial charge is 0.378 e. The van der Waals surface area contributed by atoms with E-state index in [4.69, 9.17) is 5.73 Å².